The van der Waals surface area contributed by atoms with Gasteiger partial charge in [0.25, 0.3) is 0 Å². The van der Waals surface area contributed by atoms with Crippen LogP contribution in [0.15, 0.2) is 67.3 Å². The molecule has 0 unspecified atom stereocenters. The number of carboxylic acids is 1. The topological polar surface area (TPSA) is 101 Å². The molecule has 156 valence electrons. The molecule has 0 spiro atoms. The third kappa shape index (κ3) is 3.32. The van der Waals surface area contributed by atoms with E-state index in [2.05, 4.69) is 39.6 Å². The van der Waals surface area contributed by atoms with Gasteiger partial charge in [-0.25, -0.2) is 14.8 Å². The van der Waals surface area contributed by atoms with Crippen LogP contribution in [0.2, 0.25) is 0 Å². The number of ether oxygens (including phenoxy) is 1. The molecule has 0 aliphatic heterocycles. The van der Waals surface area contributed by atoms with Gasteiger partial charge in [-0.15, -0.1) is 0 Å². The Balaban J connectivity index is 1.32. The summed E-state index contributed by atoms with van der Waals surface area (Å²) in [5, 5.41) is 12.2. The van der Waals surface area contributed by atoms with Gasteiger partial charge >= 0.3 is 12.1 Å². The zero-order valence-electron chi connectivity index (χ0n) is 16.7. The van der Waals surface area contributed by atoms with E-state index in [-0.39, 0.29) is 25.4 Å². The Bertz CT molecular complexity index is 1100. The Labute approximate surface area is 179 Å². The Morgan fingerprint density at radius 2 is 1.58 bits per heavy atom. The van der Waals surface area contributed by atoms with Gasteiger partial charge in [-0.05, 0) is 35.1 Å². The van der Waals surface area contributed by atoms with Gasteiger partial charge < -0.3 is 15.2 Å². The van der Waals surface area contributed by atoms with Crippen LogP contribution in [0.3, 0.4) is 0 Å². The molecule has 1 aromatic heterocycles. The molecule has 5 rings (SSSR count). The van der Waals surface area contributed by atoms with Crippen molar-refractivity contribution in [3.63, 3.8) is 0 Å². The molecule has 3 aromatic rings. The highest BCUT2D eigenvalue weighted by Gasteiger charge is 2.50. The van der Waals surface area contributed by atoms with Crippen LogP contribution < -0.4 is 5.32 Å². The van der Waals surface area contributed by atoms with E-state index in [9.17, 15) is 14.7 Å². The summed E-state index contributed by atoms with van der Waals surface area (Å²) in [5.74, 6) is -1.43. The number of hydrogen-bond donors (Lipinski definition) is 2. The zero-order chi connectivity index (χ0) is 21.4. The number of rotatable bonds is 5. The van der Waals surface area contributed by atoms with Crippen molar-refractivity contribution in [3.8, 4) is 11.1 Å². The van der Waals surface area contributed by atoms with Gasteiger partial charge in [0.2, 0.25) is 0 Å². The van der Waals surface area contributed by atoms with Crippen molar-refractivity contribution in [1.29, 1.82) is 0 Å². The number of carboxylic acid groups (broad SMARTS) is 1. The van der Waals surface area contributed by atoms with Gasteiger partial charge in [0, 0.05) is 23.9 Å². The van der Waals surface area contributed by atoms with Crippen molar-refractivity contribution >= 4 is 12.1 Å². The number of carbonyl (C=O) groups is 2. The summed E-state index contributed by atoms with van der Waals surface area (Å²) in [4.78, 5) is 32.1. The number of aliphatic carboxylic acids is 1. The molecule has 1 saturated carbocycles. The monoisotopic (exact) mass is 415 g/mol. The summed E-state index contributed by atoms with van der Waals surface area (Å²) in [6.45, 7) is 0.198. The lowest BCUT2D eigenvalue weighted by atomic mass is 9.65. The molecule has 2 N–H and O–H groups in total. The van der Waals surface area contributed by atoms with E-state index in [4.69, 9.17) is 4.74 Å². The Kier molecular flexibility index (Phi) is 4.66. The summed E-state index contributed by atoms with van der Waals surface area (Å²) in [5.41, 5.74) is 4.45. The first-order valence-corrected chi connectivity index (χ1v) is 10.2. The number of nitrogens with one attached hydrogen (secondary N) is 1. The van der Waals surface area contributed by atoms with E-state index in [0.29, 0.717) is 5.56 Å². The highest BCUT2D eigenvalue weighted by molar-refractivity contribution is 5.79. The smallest absolute Gasteiger partial charge is 0.407 e. The average Bonchev–Trinajstić information content (AvgIpc) is 3.09. The second-order valence-electron chi connectivity index (χ2n) is 8.10. The average molecular weight is 415 g/mol. The van der Waals surface area contributed by atoms with Gasteiger partial charge in [0.15, 0.2) is 0 Å². The number of fused-ring (bicyclic) bond motifs is 3. The molecular weight excluding hydrogens is 394 g/mol. The summed E-state index contributed by atoms with van der Waals surface area (Å²) in [7, 11) is 0. The third-order valence-electron chi connectivity index (χ3n) is 6.34. The summed E-state index contributed by atoms with van der Waals surface area (Å²) in [6.07, 6.45) is 4.59. The van der Waals surface area contributed by atoms with Crippen LogP contribution >= 0.6 is 0 Å². The molecular formula is C24H21N3O4. The van der Waals surface area contributed by atoms with Crippen LogP contribution in [0.5, 0.6) is 0 Å². The van der Waals surface area contributed by atoms with Crippen molar-refractivity contribution in [1.82, 2.24) is 15.3 Å². The van der Waals surface area contributed by atoms with Crippen LogP contribution in [0.4, 0.5) is 4.79 Å². The van der Waals surface area contributed by atoms with Crippen molar-refractivity contribution in [2.24, 2.45) is 5.92 Å². The maximum atomic E-state index is 12.8. The lowest BCUT2D eigenvalue weighted by Gasteiger charge is -2.45. The quantitative estimate of drug-likeness (QED) is 0.659. The zero-order valence-corrected chi connectivity index (χ0v) is 16.7. The molecule has 2 aromatic carbocycles. The van der Waals surface area contributed by atoms with Crippen LogP contribution in [0.25, 0.3) is 11.1 Å². The summed E-state index contributed by atoms with van der Waals surface area (Å²) >= 11 is 0. The van der Waals surface area contributed by atoms with E-state index in [1.807, 2.05) is 24.3 Å². The van der Waals surface area contributed by atoms with Gasteiger partial charge in [0.1, 0.15) is 12.9 Å². The predicted octanol–water partition coefficient (Wildman–Crippen LogP) is 3.71. The van der Waals surface area contributed by atoms with E-state index in [1.165, 1.54) is 6.33 Å². The molecule has 0 radical (unpaired) electrons. The fourth-order valence-corrected chi connectivity index (χ4v) is 4.74. The highest BCUT2D eigenvalue weighted by Crippen LogP contribution is 2.46. The second kappa shape index (κ2) is 7.50. The fraction of sp³-hybridized carbons (Fsp3) is 0.250. The minimum Gasteiger partial charge on any atom is -0.481 e. The predicted molar refractivity (Wildman–Crippen MR) is 112 cm³/mol. The van der Waals surface area contributed by atoms with Crippen LogP contribution in [0.1, 0.15) is 35.4 Å². The fourth-order valence-electron chi connectivity index (χ4n) is 4.74. The van der Waals surface area contributed by atoms with Crippen molar-refractivity contribution in [2.45, 2.75) is 24.3 Å². The van der Waals surface area contributed by atoms with Crippen molar-refractivity contribution in [2.75, 3.05) is 6.61 Å². The van der Waals surface area contributed by atoms with Crippen LogP contribution in [-0.2, 0) is 15.1 Å². The first-order valence-electron chi connectivity index (χ1n) is 10.2. The van der Waals surface area contributed by atoms with E-state index in [0.717, 1.165) is 22.3 Å². The molecule has 0 saturated heterocycles. The minimum absolute atomic E-state index is 0.0395. The number of carbonyl (C=O) groups excluding carboxylic acids is 1. The Hall–Kier alpha value is -3.74. The SMILES string of the molecule is O=C(NC1(c2cncnc2)CC(C(=O)O)C1)OCC1c2ccccc2-c2ccccc21. The van der Waals surface area contributed by atoms with Crippen molar-refractivity contribution in [3.05, 3.63) is 83.9 Å². The largest absolute Gasteiger partial charge is 0.481 e. The molecule has 7 heteroatoms. The molecule has 1 amide bonds. The van der Waals surface area contributed by atoms with E-state index >= 15 is 0 Å². The Morgan fingerprint density at radius 3 is 2.16 bits per heavy atom. The molecule has 1 fully saturated rings. The number of hydrogen-bond acceptors (Lipinski definition) is 5. The lowest BCUT2D eigenvalue weighted by Crippen LogP contribution is -2.56. The van der Waals surface area contributed by atoms with Crippen molar-refractivity contribution < 1.29 is 19.4 Å². The first kappa shape index (κ1) is 19.2. The van der Waals surface area contributed by atoms with Gasteiger partial charge in [-0.3, -0.25) is 4.79 Å². The Morgan fingerprint density at radius 1 is 1.00 bits per heavy atom. The minimum atomic E-state index is -0.873. The van der Waals surface area contributed by atoms with E-state index in [1.54, 1.807) is 12.4 Å². The molecule has 1 heterocycles. The normalized spacial score (nSPS) is 21.5. The number of benzene rings is 2. The maximum Gasteiger partial charge on any atom is 0.407 e. The van der Waals surface area contributed by atoms with Gasteiger partial charge in [-0.2, -0.15) is 0 Å². The first-order chi connectivity index (χ1) is 15.1. The number of nitrogens with zero attached hydrogens (tertiary/aromatic N) is 2. The molecule has 7 nitrogen and oxygen atoms in total. The molecule has 0 atom stereocenters. The number of aromatic nitrogens is 2. The molecule has 31 heavy (non-hydrogen) atoms. The number of amides is 1. The van der Waals surface area contributed by atoms with Crippen LogP contribution in [-0.4, -0.2) is 33.7 Å². The van der Waals surface area contributed by atoms with Crippen LogP contribution in [0, 0.1) is 5.92 Å². The van der Waals surface area contributed by atoms with Gasteiger partial charge in [-0.1, -0.05) is 48.5 Å². The maximum absolute atomic E-state index is 12.8. The lowest BCUT2D eigenvalue weighted by molar-refractivity contribution is -0.148. The summed E-state index contributed by atoms with van der Waals surface area (Å²) < 4.78 is 5.65. The molecule has 2 aliphatic rings. The summed E-state index contributed by atoms with van der Waals surface area (Å²) in [6, 6.07) is 16.3. The number of alkyl carbamates (subject to hydrolysis) is 1. The molecule has 2 aliphatic carbocycles. The van der Waals surface area contributed by atoms with E-state index < -0.39 is 23.5 Å². The molecule has 0 bridgehead atoms. The third-order valence-corrected chi connectivity index (χ3v) is 6.34. The standard InChI is InChI=1S/C24H21N3O4/c28-22(29)15-9-24(10-15,16-11-25-14-26-12-16)27-23(30)31-13-21-19-7-3-1-5-17(19)18-6-2-4-8-20(18)21/h1-8,11-12,14-15,21H,9-10,13H2,(H,27,30)(H,28,29). The highest BCUT2D eigenvalue weighted by atomic mass is 16.5. The second-order valence-corrected chi connectivity index (χ2v) is 8.10. The van der Waals surface area contributed by atoms with Gasteiger partial charge in [0.05, 0.1) is 11.5 Å².